The third-order valence-electron chi connectivity index (χ3n) is 7.36. The van der Waals surface area contributed by atoms with Crippen LogP contribution in [0.25, 0.3) is 0 Å². The van der Waals surface area contributed by atoms with E-state index in [9.17, 15) is 24.6 Å². The molecule has 0 unspecified atom stereocenters. The summed E-state index contributed by atoms with van der Waals surface area (Å²) >= 11 is 3.23. The lowest BCUT2D eigenvalue weighted by Crippen LogP contribution is -2.52. The maximum Gasteiger partial charge on any atom is 0.417 e. The average molecular weight is 647 g/mol. The fourth-order valence-electron chi connectivity index (χ4n) is 4.94. The molecule has 2 aliphatic rings. The smallest absolute Gasteiger partial charge is 0.417 e. The number of rotatable bonds is 13. The number of halogens is 1. The van der Waals surface area contributed by atoms with E-state index in [0.29, 0.717) is 13.0 Å². The molecule has 4 rings (SSSR count). The molecule has 2 aromatic rings. The largest absolute Gasteiger partial charge is 0.439 e. The van der Waals surface area contributed by atoms with E-state index in [-0.39, 0.29) is 30.7 Å². The molecule has 2 aromatic carbocycles. The number of aliphatic hydroxyl groups excluding tert-OH is 1. The van der Waals surface area contributed by atoms with Gasteiger partial charge in [-0.15, -0.1) is 0 Å². The molecule has 6 atom stereocenters. The number of ether oxygens (including phenoxy) is 4. The van der Waals surface area contributed by atoms with Crippen molar-refractivity contribution in [1.29, 1.82) is 0 Å². The van der Waals surface area contributed by atoms with Crippen molar-refractivity contribution in [2.24, 2.45) is 5.92 Å². The van der Waals surface area contributed by atoms with Crippen molar-refractivity contribution in [2.75, 3.05) is 19.8 Å². The number of hydrogen-bond acceptors (Lipinski definition) is 9. The molecule has 2 heterocycles. The fourth-order valence-corrected chi connectivity index (χ4v) is 5.45. The number of ketones is 1. The quantitative estimate of drug-likeness (QED) is 0.310. The first-order valence-electron chi connectivity index (χ1n) is 13.9. The van der Waals surface area contributed by atoms with Crippen molar-refractivity contribution in [3.8, 4) is 0 Å². The zero-order valence-electron chi connectivity index (χ0n) is 23.6. The molecule has 0 aromatic heterocycles. The molecule has 0 aliphatic carbocycles. The van der Waals surface area contributed by atoms with Gasteiger partial charge in [-0.25, -0.2) is 9.69 Å². The van der Waals surface area contributed by atoms with Gasteiger partial charge < -0.3 is 29.2 Å². The summed E-state index contributed by atoms with van der Waals surface area (Å²) in [5.74, 6) is -4.09. The highest BCUT2D eigenvalue weighted by Crippen LogP contribution is 2.38. The van der Waals surface area contributed by atoms with Gasteiger partial charge in [0.25, 0.3) is 0 Å². The lowest BCUT2D eigenvalue weighted by atomic mass is 9.93. The SMILES string of the molecule is C[C@@H]1[C@H](c2ccccc2)OC(=O)N1C(=O)[C@H](C)[C@@H]1O[C@@](O)(CCCOC[C@@H](CO)OCc2ccccc2)C(Br)=CC1=O. The summed E-state index contributed by atoms with van der Waals surface area (Å²) in [5, 5.41) is 20.9. The number of carbonyl (C=O) groups is 3. The highest BCUT2D eigenvalue weighted by molar-refractivity contribution is 9.11. The van der Waals surface area contributed by atoms with Crippen molar-refractivity contribution in [3.05, 3.63) is 82.3 Å². The van der Waals surface area contributed by atoms with E-state index in [2.05, 4.69) is 15.9 Å². The highest BCUT2D eigenvalue weighted by atomic mass is 79.9. The lowest BCUT2D eigenvalue weighted by Gasteiger charge is -2.37. The zero-order chi connectivity index (χ0) is 30.3. The molecule has 1 fully saturated rings. The Morgan fingerprint density at radius 3 is 2.45 bits per heavy atom. The fraction of sp³-hybridized carbons (Fsp3) is 0.452. The van der Waals surface area contributed by atoms with Crippen LogP contribution in [0.3, 0.4) is 0 Å². The Balaban J connectivity index is 1.30. The minimum absolute atomic E-state index is 0.0572. The number of cyclic esters (lactones) is 1. The number of nitrogens with zero attached hydrogens (tertiary/aromatic N) is 1. The first-order chi connectivity index (χ1) is 20.1. The van der Waals surface area contributed by atoms with Crippen LogP contribution in [-0.4, -0.2) is 76.8 Å². The van der Waals surface area contributed by atoms with Crippen LogP contribution in [0, 0.1) is 5.92 Å². The molecule has 0 radical (unpaired) electrons. The Labute approximate surface area is 253 Å². The summed E-state index contributed by atoms with van der Waals surface area (Å²) in [4.78, 5) is 40.0. The molecule has 0 bridgehead atoms. The van der Waals surface area contributed by atoms with Crippen LogP contribution >= 0.6 is 15.9 Å². The minimum atomic E-state index is -1.87. The molecule has 2 amide bonds. The van der Waals surface area contributed by atoms with E-state index >= 15 is 0 Å². The first kappa shape index (κ1) is 32.0. The van der Waals surface area contributed by atoms with Crippen LogP contribution in [0.2, 0.25) is 0 Å². The van der Waals surface area contributed by atoms with Crippen molar-refractivity contribution in [1.82, 2.24) is 4.90 Å². The van der Waals surface area contributed by atoms with E-state index in [0.717, 1.165) is 16.0 Å². The monoisotopic (exact) mass is 645 g/mol. The van der Waals surface area contributed by atoms with E-state index in [4.69, 9.17) is 18.9 Å². The normalized spacial score (nSPS) is 25.6. The molecule has 10 nitrogen and oxygen atoms in total. The van der Waals surface area contributed by atoms with E-state index in [1.165, 1.54) is 13.0 Å². The second-order valence-electron chi connectivity index (χ2n) is 10.4. The molecule has 226 valence electrons. The Morgan fingerprint density at radius 1 is 1.12 bits per heavy atom. The number of benzene rings is 2. The van der Waals surface area contributed by atoms with Crippen LogP contribution in [-0.2, 0) is 35.1 Å². The van der Waals surface area contributed by atoms with E-state index < -0.39 is 53.8 Å². The van der Waals surface area contributed by atoms with E-state index in [1.54, 1.807) is 6.92 Å². The second-order valence-corrected chi connectivity index (χ2v) is 11.3. The third kappa shape index (κ3) is 7.52. The number of hydrogen-bond donors (Lipinski definition) is 2. The summed E-state index contributed by atoms with van der Waals surface area (Å²) in [5.41, 5.74) is 1.73. The van der Waals surface area contributed by atoms with Crippen LogP contribution in [0.5, 0.6) is 0 Å². The average Bonchev–Trinajstić information content (AvgIpc) is 3.30. The summed E-state index contributed by atoms with van der Waals surface area (Å²) in [6.45, 7) is 3.70. The van der Waals surface area contributed by atoms with Gasteiger partial charge in [0.15, 0.2) is 11.6 Å². The highest BCUT2D eigenvalue weighted by Gasteiger charge is 2.49. The summed E-state index contributed by atoms with van der Waals surface area (Å²) in [6.07, 6.45) is -1.66. The molecular formula is C31H36BrNO9. The van der Waals surface area contributed by atoms with Gasteiger partial charge in [-0.3, -0.25) is 9.59 Å². The van der Waals surface area contributed by atoms with Crippen molar-refractivity contribution in [2.45, 2.75) is 63.4 Å². The molecule has 11 heteroatoms. The number of imide groups is 1. The maximum absolute atomic E-state index is 13.4. The predicted octanol–water partition coefficient (Wildman–Crippen LogP) is 4.04. The number of aliphatic hydroxyl groups is 2. The van der Waals surface area contributed by atoms with Gasteiger partial charge in [-0.1, -0.05) is 67.6 Å². The van der Waals surface area contributed by atoms with Gasteiger partial charge in [0.1, 0.15) is 18.3 Å². The van der Waals surface area contributed by atoms with Crippen LogP contribution in [0.15, 0.2) is 71.2 Å². The van der Waals surface area contributed by atoms with Gasteiger partial charge in [-0.05, 0) is 46.5 Å². The topological polar surface area (TPSA) is 132 Å². The van der Waals surface area contributed by atoms with Crippen molar-refractivity contribution in [3.63, 3.8) is 0 Å². The van der Waals surface area contributed by atoms with Crippen LogP contribution in [0.4, 0.5) is 4.79 Å². The van der Waals surface area contributed by atoms with Crippen LogP contribution < -0.4 is 0 Å². The summed E-state index contributed by atoms with van der Waals surface area (Å²) < 4.78 is 22.8. The number of carbonyl (C=O) groups excluding carboxylic acids is 3. The standard InChI is InChI=1S/C31H36BrNO9/c1-20(29(36)33-21(2)28(41-30(33)37)23-12-7-4-8-13-23)27-25(35)16-26(32)31(38,42-27)14-9-15-39-19-24(17-34)40-18-22-10-5-3-6-11-22/h3-8,10-13,16,20-21,24,27-28,34,38H,9,14-15,17-19H2,1-2H3/t20-,21-,24-,27+,28-,31+/m1/s1. The molecule has 2 aliphatic heterocycles. The Morgan fingerprint density at radius 2 is 1.79 bits per heavy atom. The number of amides is 2. The minimum Gasteiger partial charge on any atom is -0.439 e. The third-order valence-corrected chi connectivity index (χ3v) is 8.21. The molecular weight excluding hydrogens is 610 g/mol. The summed E-state index contributed by atoms with van der Waals surface area (Å²) in [7, 11) is 0. The van der Waals surface area contributed by atoms with Gasteiger partial charge >= 0.3 is 6.09 Å². The van der Waals surface area contributed by atoms with Crippen LogP contribution in [0.1, 0.15) is 43.9 Å². The predicted molar refractivity (Wildman–Crippen MR) is 155 cm³/mol. The molecule has 1 saturated heterocycles. The van der Waals surface area contributed by atoms with Crippen molar-refractivity contribution < 1.29 is 43.5 Å². The maximum atomic E-state index is 13.4. The van der Waals surface area contributed by atoms with Gasteiger partial charge in [-0.2, -0.15) is 0 Å². The Bertz CT molecular complexity index is 1260. The molecule has 42 heavy (non-hydrogen) atoms. The molecule has 0 saturated carbocycles. The molecule has 2 N–H and O–H groups in total. The first-order valence-corrected chi connectivity index (χ1v) is 14.7. The lowest BCUT2D eigenvalue weighted by molar-refractivity contribution is -0.217. The molecule has 0 spiro atoms. The van der Waals surface area contributed by atoms with Gasteiger partial charge in [0.2, 0.25) is 5.91 Å². The Hall–Kier alpha value is -2.93. The Kier molecular flexibility index (Phi) is 11.0. The van der Waals surface area contributed by atoms with Gasteiger partial charge in [0, 0.05) is 13.0 Å². The second kappa shape index (κ2) is 14.5. The van der Waals surface area contributed by atoms with E-state index in [1.807, 2.05) is 60.7 Å². The zero-order valence-corrected chi connectivity index (χ0v) is 25.1. The summed E-state index contributed by atoms with van der Waals surface area (Å²) in [6, 6.07) is 18.1. The van der Waals surface area contributed by atoms with Gasteiger partial charge in [0.05, 0.1) is 36.3 Å². The van der Waals surface area contributed by atoms with Crippen molar-refractivity contribution >= 4 is 33.7 Å².